The van der Waals surface area contributed by atoms with E-state index in [1.165, 1.54) is 0 Å². The van der Waals surface area contributed by atoms with Crippen molar-refractivity contribution in [3.8, 4) is 86.2 Å². The predicted molar refractivity (Wildman–Crippen MR) is 220 cm³/mol. The molecule has 0 bridgehead atoms. The Balaban J connectivity index is 1.20. The zero-order valence-corrected chi connectivity index (χ0v) is 30.3. The lowest BCUT2D eigenvalue weighted by Gasteiger charge is -2.12. The van der Waals surface area contributed by atoms with Crippen molar-refractivity contribution in [2.24, 2.45) is 0 Å². The van der Waals surface area contributed by atoms with Crippen molar-refractivity contribution in [3.63, 3.8) is 0 Å². The second-order valence-electron chi connectivity index (χ2n) is 12.5. The molecule has 3 heteroatoms. The Morgan fingerprint density at radius 2 is 0.519 bits per heavy atom. The molecular weight excluding hydrogens is 661 g/mol. The summed E-state index contributed by atoms with van der Waals surface area (Å²) in [7, 11) is 4.99. The van der Waals surface area contributed by atoms with Crippen LogP contribution in [0.3, 0.4) is 0 Å². The fourth-order valence-electron chi connectivity index (χ4n) is 5.90. The summed E-state index contributed by atoms with van der Waals surface area (Å²) in [5.74, 6) is 22.0. The van der Waals surface area contributed by atoms with E-state index in [4.69, 9.17) is 14.2 Å². The lowest BCUT2D eigenvalue weighted by molar-refractivity contribution is 0.414. The van der Waals surface area contributed by atoms with Gasteiger partial charge in [0.15, 0.2) is 0 Å². The van der Waals surface area contributed by atoms with Crippen molar-refractivity contribution in [1.82, 2.24) is 0 Å². The first-order valence-electron chi connectivity index (χ1n) is 17.5. The van der Waals surface area contributed by atoms with E-state index in [0.29, 0.717) is 0 Å². The Hall–Kier alpha value is -7.38. The molecule has 7 rings (SSSR count). The van der Waals surface area contributed by atoms with Crippen molar-refractivity contribution in [2.75, 3.05) is 21.3 Å². The average molecular weight is 697 g/mol. The Labute approximate surface area is 317 Å². The van der Waals surface area contributed by atoms with E-state index in [9.17, 15) is 0 Å². The van der Waals surface area contributed by atoms with Gasteiger partial charge in [0, 0.05) is 33.4 Å². The number of ether oxygens (including phenoxy) is 3. The van der Waals surface area contributed by atoms with Gasteiger partial charge in [0.05, 0.1) is 21.3 Å². The normalized spacial score (nSPS) is 10.1. The van der Waals surface area contributed by atoms with Gasteiger partial charge in [-0.25, -0.2) is 0 Å². The second-order valence-corrected chi connectivity index (χ2v) is 12.5. The molecule has 54 heavy (non-hydrogen) atoms. The Bertz CT molecular complexity index is 2290. The van der Waals surface area contributed by atoms with Gasteiger partial charge in [0.25, 0.3) is 0 Å². The molecule has 0 amide bonds. The molecule has 0 atom stereocenters. The van der Waals surface area contributed by atoms with Gasteiger partial charge in [-0.3, -0.25) is 0 Å². The minimum atomic E-state index is 0.791. The zero-order chi connectivity index (χ0) is 37.1. The topological polar surface area (TPSA) is 27.7 Å². The summed E-state index contributed by atoms with van der Waals surface area (Å²) in [4.78, 5) is 0. The summed E-state index contributed by atoms with van der Waals surface area (Å²) in [6.07, 6.45) is 0. The van der Waals surface area contributed by atoms with E-state index in [1.54, 1.807) is 21.3 Å². The average Bonchev–Trinajstić information content (AvgIpc) is 3.24. The van der Waals surface area contributed by atoms with Gasteiger partial charge in [-0.1, -0.05) is 90.1 Å². The molecule has 0 aliphatic carbocycles. The Morgan fingerprint density at radius 3 is 0.778 bits per heavy atom. The highest BCUT2D eigenvalue weighted by Crippen LogP contribution is 2.33. The van der Waals surface area contributed by atoms with Crippen molar-refractivity contribution in [2.45, 2.75) is 0 Å². The summed E-state index contributed by atoms with van der Waals surface area (Å²) in [6, 6.07) is 55.3. The molecule has 0 spiro atoms. The van der Waals surface area contributed by atoms with E-state index < -0.39 is 0 Å². The minimum absolute atomic E-state index is 0.791. The van der Waals surface area contributed by atoms with Gasteiger partial charge in [0.2, 0.25) is 0 Å². The molecule has 7 aromatic carbocycles. The number of rotatable bonds is 6. The van der Waals surface area contributed by atoms with Gasteiger partial charge in [-0.2, -0.15) is 0 Å². The van der Waals surface area contributed by atoms with Crippen LogP contribution in [0.5, 0.6) is 17.2 Å². The fraction of sp³-hybridized carbons (Fsp3) is 0.0588. The van der Waals surface area contributed by atoms with Gasteiger partial charge < -0.3 is 14.2 Å². The summed E-state index contributed by atoms with van der Waals surface area (Å²) in [6.45, 7) is 0. The molecule has 0 aromatic heterocycles. The van der Waals surface area contributed by atoms with Crippen LogP contribution in [0.4, 0.5) is 0 Å². The van der Waals surface area contributed by atoms with Crippen LogP contribution in [0.1, 0.15) is 33.4 Å². The third kappa shape index (κ3) is 8.91. The first-order chi connectivity index (χ1) is 26.5. The molecule has 0 N–H and O–H groups in total. The van der Waals surface area contributed by atoms with Gasteiger partial charge in [0.1, 0.15) is 17.2 Å². The number of methoxy groups -OCH3 is 3. The van der Waals surface area contributed by atoms with Crippen LogP contribution in [0.15, 0.2) is 164 Å². The second kappa shape index (κ2) is 16.8. The monoisotopic (exact) mass is 696 g/mol. The Morgan fingerprint density at radius 1 is 0.259 bits per heavy atom. The van der Waals surface area contributed by atoms with Crippen molar-refractivity contribution in [1.29, 1.82) is 0 Å². The van der Waals surface area contributed by atoms with Crippen LogP contribution in [0.25, 0.3) is 33.4 Å². The van der Waals surface area contributed by atoms with Crippen LogP contribution in [0, 0.1) is 35.5 Å². The highest BCUT2D eigenvalue weighted by atomic mass is 16.5. The molecule has 0 saturated heterocycles. The predicted octanol–water partition coefficient (Wildman–Crippen LogP) is 10.9. The van der Waals surface area contributed by atoms with Crippen molar-refractivity contribution in [3.05, 3.63) is 197 Å². The summed E-state index contributed by atoms with van der Waals surface area (Å²) >= 11 is 0. The van der Waals surface area contributed by atoms with E-state index in [1.807, 2.05) is 72.8 Å². The summed E-state index contributed by atoms with van der Waals surface area (Å²) < 4.78 is 16.0. The quantitative estimate of drug-likeness (QED) is 0.162. The molecule has 0 aliphatic rings. The van der Waals surface area contributed by atoms with Crippen molar-refractivity contribution >= 4 is 0 Å². The lowest BCUT2D eigenvalue weighted by atomic mass is 9.92. The smallest absolute Gasteiger partial charge is 0.120 e. The third-order valence-electron chi connectivity index (χ3n) is 8.85. The highest BCUT2D eigenvalue weighted by Gasteiger charge is 2.09. The van der Waals surface area contributed by atoms with E-state index >= 15 is 0 Å². The van der Waals surface area contributed by atoms with E-state index in [2.05, 4.69) is 127 Å². The fourth-order valence-corrected chi connectivity index (χ4v) is 5.90. The van der Waals surface area contributed by atoms with Gasteiger partial charge >= 0.3 is 0 Å². The third-order valence-corrected chi connectivity index (χ3v) is 8.85. The number of hydrogen-bond donors (Lipinski definition) is 0. The molecule has 258 valence electrons. The standard InChI is InChI=1S/C51H36O3/c1-52-49-10-4-7-40(31-49)16-13-37-19-25-43(26-20-37)46-34-47(44-27-21-38(22-28-44)14-17-41-8-5-11-50(32-41)53-2)36-48(35-46)45-29-23-39(24-30-45)15-18-42-9-6-12-51(33-42)54-3/h4-12,19-36H,1-3H3. The summed E-state index contributed by atoms with van der Waals surface area (Å²) in [5.41, 5.74) is 12.2. The molecule has 0 unspecified atom stereocenters. The van der Waals surface area contributed by atoms with Crippen molar-refractivity contribution < 1.29 is 14.2 Å². The maximum Gasteiger partial charge on any atom is 0.120 e. The molecule has 0 fully saturated rings. The van der Waals surface area contributed by atoms with Crippen LogP contribution in [0.2, 0.25) is 0 Å². The molecule has 3 nitrogen and oxygen atoms in total. The molecule has 0 radical (unpaired) electrons. The van der Waals surface area contributed by atoms with Gasteiger partial charge in [-0.15, -0.1) is 0 Å². The first-order valence-corrected chi connectivity index (χ1v) is 17.5. The van der Waals surface area contributed by atoms with E-state index in [0.717, 1.165) is 84.0 Å². The molecule has 0 heterocycles. The van der Waals surface area contributed by atoms with Gasteiger partial charge in [-0.05, 0) is 143 Å². The number of hydrogen-bond acceptors (Lipinski definition) is 3. The molecule has 7 aromatic rings. The largest absolute Gasteiger partial charge is 0.497 e. The highest BCUT2D eigenvalue weighted by molar-refractivity contribution is 5.81. The summed E-state index contributed by atoms with van der Waals surface area (Å²) in [5, 5.41) is 0. The molecule has 0 aliphatic heterocycles. The lowest BCUT2D eigenvalue weighted by Crippen LogP contribution is -1.88. The van der Waals surface area contributed by atoms with Crippen LogP contribution in [-0.4, -0.2) is 21.3 Å². The zero-order valence-electron chi connectivity index (χ0n) is 30.3. The van der Waals surface area contributed by atoms with Crippen LogP contribution in [-0.2, 0) is 0 Å². The van der Waals surface area contributed by atoms with Crippen LogP contribution < -0.4 is 14.2 Å². The van der Waals surface area contributed by atoms with Crippen LogP contribution >= 0.6 is 0 Å². The maximum absolute atomic E-state index is 5.35. The Kier molecular flexibility index (Phi) is 10.9. The molecular formula is C51H36O3. The first kappa shape index (κ1) is 35.0. The number of benzene rings is 7. The SMILES string of the molecule is COc1cccc(C#Cc2ccc(-c3cc(-c4ccc(C#Cc5cccc(OC)c5)cc4)cc(-c4ccc(C#Cc5cccc(OC)c5)cc4)c3)cc2)c1. The maximum atomic E-state index is 5.35. The van der Waals surface area contributed by atoms with E-state index in [-0.39, 0.29) is 0 Å². The molecule has 0 saturated carbocycles. The minimum Gasteiger partial charge on any atom is -0.497 e.